The van der Waals surface area contributed by atoms with Gasteiger partial charge in [0.2, 0.25) is 5.82 Å². The summed E-state index contributed by atoms with van der Waals surface area (Å²) in [6.45, 7) is -2.04. The molecular formula is C21H19F7N2O5S. The third kappa shape index (κ3) is 5.12. The Morgan fingerprint density at radius 3 is 2.42 bits per heavy atom. The van der Waals surface area contributed by atoms with Crippen molar-refractivity contribution in [1.82, 2.24) is 4.98 Å². The number of sulfone groups is 1. The van der Waals surface area contributed by atoms with Crippen LogP contribution >= 0.6 is 0 Å². The lowest BCUT2D eigenvalue weighted by atomic mass is 9.77. The molecule has 1 saturated heterocycles. The quantitative estimate of drug-likeness (QED) is 0.541. The van der Waals surface area contributed by atoms with E-state index in [1.165, 1.54) is 0 Å². The maximum absolute atomic E-state index is 14.4. The van der Waals surface area contributed by atoms with Crippen LogP contribution in [0.1, 0.15) is 25.3 Å². The Balaban J connectivity index is 2.11. The molecule has 1 aromatic heterocycles. The molecular weight excluding hydrogens is 525 g/mol. The molecule has 1 fully saturated rings. The minimum atomic E-state index is -5.07. The molecule has 1 aromatic carbocycles. The number of rotatable bonds is 6. The Hall–Kier alpha value is -2.94. The highest BCUT2D eigenvalue weighted by molar-refractivity contribution is 7.90. The Labute approximate surface area is 200 Å². The van der Waals surface area contributed by atoms with Crippen molar-refractivity contribution in [2.24, 2.45) is 5.92 Å². The summed E-state index contributed by atoms with van der Waals surface area (Å²) in [5.74, 6) is -9.94. The van der Waals surface area contributed by atoms with Crippen LogP contribution in [-0.4, -0.2) is 50.1 Å². The molecule has 15 heteroatoms. The first kappa shape index (κ1) is 27.6. The highest BCUT2D eigenvalue weighted by Crippen LogP contribution is 2.55. The lowest BCUT2D eigenvalue weighted by Gasteiger charge is -2.32. The van der Waals surface area contributed by atoms with E-state index in [0.717, 1.165) is 37.6 Å². The fraction of sp³-hybridized carbons (Fsp3) is 0.429. The summed E-state index contributed by atoms with van der Waals surface area (Å²) in [6.07, 6.45) is -5.27. The van der Waals surface area contributed by atoms with E-state index in [4.69, 9.17) is 4.74 Å². The van der Waals surface area contributed by atoms with Crippen molar-refractivity contribution in [2.45, 2.75) is 49.2 Å². The van der Waals surface area contributed by atoms with Gasteiger partial charge in [0, 0.05) is 29.9 Å². The maximum atomic E-state index is 14.4. The first-order valence-corrected chi connectivity index (χ1v) is 12.0. The molecule has 0 aliphatic carbocycles. The summed E-state index contributed by atoms with van der Waals surface area (Å²) in [4.78, 5) is 16.5. The van der Waals surface area contributed by atoms with Crippen LogP contribution in [0.2, 0.25) is 0 Å². The molecule has 0 saturated carbocycles. The average molecular weight is 544 g/mol. The monoisotopic (exact) mass is 544 g/mol. The number of pyridine rings is 1. The number of halogens is 7. The highest BCUT2D eigenvalue weighted by Gasteiger charge is 2.66. The van der Waals surface area contributed by atoms with E-state index in [1.54, 1.807) is 0 Å². The number of carbonyl (C=O) groups excluding carboxylic acids is 1. The van der Waals surface area contributed by atoms with Gasteiger partial charge in [0.25, 0.3) is 5.91 Å². The predicted molar refractivity (Wildman–Crippen MR) is 110 cm³/mol. The summed E-state index contributed by atoms with van der Waals surface area (Å²) >= 11 is 0. The number of nitrogens with zero attached hydrogens (tertiary/aromatic N) is 1. The van der Waals surface area contributed by atoms with Gasteiger partial charge in [-0.2, -0.15) is 26.3 Å². The number of ether oxygens (including phenoxy) is 2. The van der Waals surface area contributed by atoms with E-state index in [1.807, 2.05) is 0 Å². The Morgan fingerprint density at radius 1 is 1.22 bits per heavy atom. The minimum Gasteiger partial charge on any atom is -0.431 e. The van der Waals surface area contributed by atoms with Gasteiger partial charge in [-0.3, -0.25) is 4.79 Å². The number of nitrogens with one attached hydrogen (secondary N) is 1. The van der Waals surface area contributed by atoms with Crippen molar-refractivity contribution in [1.29, 1.82) is 0 Å². The summed E-state index contributed by atoms with van der Waals surface area (Å²) in [6, 6.07) is 3.26. The van der Waals surface area contributed by atoms with Crippen molar-refractivity contribution in [3.05, 3.63) is 47.7 Å². The van der Waals surface area contributed by atoms with Crippen molar-refractivity contribution >= 4 is 21.6 Å². The number of carbonyl (C=O) groups is 1. The molecule has 36 heavy (non-hydrogen) atoms. The summed E-state index contributed by atoms with van der Waals surface area (Å²) in [7, 11) is -3.74. The molecule has 0 bridgehead atoms. The van der Waals surface area contributed by atoms with E-state index in [0.29, 0.717) is 13.0 Å². The molecule has 0 spiro atoms. The minimum absolute atomic E-state index is 0.265. The van der Waals surface area contributed by atoms with E-state index in [-0.39, 0.29) is 10.7 Å². The molecule has 1 aliphatic heterocycles. The number of amides is 1. The molecule has 2 heterocycles. The number of hydrogen-bond donors (Lipinski definition) is 1. The van der Waals surface area contributed by atoms with Gasteiger partial charge in [0.15, 0.2) is 27.0 Å². The van der Waals surface area contributed by atoms with Crippen molar-refractivity contribution < 1.29 is 53.4 Å². The number of anilines is 1. The maximum Gasteiger partial charge on any atom is 0.417 e. The van der Waals surface area contributed by atoms with Crippen molar-refractivity contribution in [3.63, 3.8) is 0 Å². The molecule has 3 rings (SSSR count). The van der Waals surface area contributed by atoms with Crippen molar-refractivity contribution in [3.8, 4) is 5.75 Å². The molecule has 0 unspecified atom stereocenters. The Bertz CT molecular complexity index is 1270. The van der Waals surface area contributed by atoms with Crippen LogP contribution in [-0.2, 0) is 19.4 Å². The predicted octanol–water partition coefficient (Wildman–Crippen LogP) is 4.44. The standard InChI is InChI=1S/C21H19F7N2O5S/c1-9-14(11-4-5-12(22)15(23)16(11)34-19(24)25)17(35-20(9,2)21(26,27)28)18(31)30-13-8-10(6-7-29-13)36(3,32)33/h4-9,14,17,19H,1-3H3,(H,29,30,31)/t9-,14-,17+,20+/m0/s1. The normalized spacial score (nSPS) is 24.7. The number of aromatic nitrogens is 1. The number of alkyl halides is 5. The Morgan fingerprint density at radius 2 is 1.86 bits per heavy atom. The molecule has 7 nitrogen and oxygen atoms in total. The van der Waals surface area contributed by atoms with Crippen LogP contribution in [0.5, 0.6) is 5.75 Å². The SMILES string of the molecule is C[C@H]1[C@@H](c2ccc(F)c(F)c2OC(F)F)[C@H](C(=O)Nc2cc(S(C)(=O)=O)ccn2)O[C@@]1(C)C(F)(F)F. The van der Waals surface area contributed by atoms with E-state index in [9.17, 15) is 43.9 Å². The van der Waals surface area contributed by atoms with Crippen LogP contribution < -0.4 is 10.1 Å². The lowest BCUT2D eigenvalue weighted by Crippen LogP contribution is -2.47. The smallest absolute Gasteiger partial charge is 0.417 e. The summed E-state index contributed by atoms with van der Waals surface area (Å²) < 4.78 is 129. The van der Waals surface area contributed by atoms with Gasteiger partial charge in [0.05, 0.1) is 4.90 Å². The lowest BCUT2D eigenvalue weighted by molar-refractivity contribution is -0.272. The topological polar surface area (TPSA) is 94.6 Å². The van der Waals surface area contributed by atoms with Gasteiger partial charge in [-0.15, -0.1) is 0 Å². The van der Waals surface area contributed by atoms with Crippen LogP contribution in [0.25, 0.3) is 0 Å². The van der Waals surface area contributed by atoms with E-state index < -0.39 is 75.0 Å². The van der Waals surface area contributed by atoms with Gasteiger partial charge < -0.3 is 14.8 Å². The zero-order valence-electron chi connectivity index (χ0n) is 18.7. The molecule has 1 aliphatic rings. The second-order valence-electron chi connectivity index (χ2n) is 8.25. The molecule has 1 amide bonds. The third-order valence-electron chi connectivity index (χ3n) is 5.98. The van der Waals surface area contributed by atoms with Gasteiger partial charge in [0.1, 0.15) is 11.9 Å². The second kappa shape index (κ2) is 9.50. The van der Waals surface area contributed by atoms with Gasteiger partial charge >= 0.3 is 12.8 Å². The van der Waals surface area contributed by atoms with E-state index in [2.05, 4.69) is 15.0 Å². The van der Waals surface area contributed by atoms with Gasteiger partial charge in [-0.1, -0.05) is 13.0 Å². The first-order valence-electron chi connectivity index (χ1n) is 10.1. The van der Waals surface area contributed by atoms with Crippen molar-refractivity contribution in [2.75, 3.05) is 11.6 Å². The number of benzene rings is 1. The van der Waals surface area contributed by atoms with Gasteiger partial charge in [-0.05, 0) is 25.1 Å². The molecule has 1 N–H and O–H groups in total. The summed E-state index contributed by atoms with van der Waals surface area (Å²) in [5.41, 5.74) is -3.68. The molecule has 2 aromatic rings. The van der Waals surface area contributed by atoms with Crippen LogP contribution in [0.3, 0.4) is 0 Å². The second-order valence-corrected chi connectivity index (χ2v) is 10.3. The fourth-order valence-electron chi connectivity index (χ4n) is 3.95. The molecule has 4 atom stereocenters. The van der Waals surface area contributed by atoms with Crippen LogP contribution in [0, 0.1) is 17.6 Å². The fourth-order valence-corrected chi connectivity index (χ4v) is 4.58. The van der Waals surface area contributed by atoms with Crippen LogP contribution in [0.15, 0.2) is 35.4 Å². The molecule has 0 radical (unpaired) electrons. The van der Waals surface area contributed by atoms with E-state index >= 15 is 0 Å². The van der Waals surface area contributed by atoms with Gasteiger partial charge in [-0.25, -0.2) is 17.8 Å². The zero-order chi connectivity index (χ0) is 27.2. The largest absolute Gasteiger partial charge is 0.431 e. The average Bonchev–Trinajstić information content (AvgIpc) is 3.03. The highest BCUT2D eigenvalue weighted by atomic mass is 32.2. The molecule has 198 valence electrons. The zero-order valence-corrected chi connectivity index (χ0v) is 19.6. The van der Waals surface area contributed by atoms with Crippen LogP contribution in [0.4, 0.5) is 36.6 Å². The summed E-state index contributed by atoms with van der Waals surface area (Å²) in [5, 5.41) is 2.13. The first-order chi connectivity index (χ1) is 16.5. The number of hydrogen-bond acceptors (Lipinski definition) is 6. The third-order valence-corrected chi connectivity index (χ3v) is 7.09. The Kier molecular flexibility index (Phi) is 7.29.